The molecule has 72 valence electrons. The van der Waals surface area contributed by atoms with Crippen molar-refractivity contribution >= 4 is 15.9 Å². The van der Waals surface area contributed by atoms with E-state index in [0.717, 1.165) is 15.6 Å². The van der Waals surface area contributed by atoms with Gasteiger partial charge in [0.2, 0.25) is 0 Å². The molecule has 0 aliphatic carbocycles. The van der Waals surface area contributed by atoms with Crippen molar-refractivity contribution in [1.29, 1.82) is 0 Å². The Kier molecular flexibility index (Phi) is 2.68. The standard InChI is InChI=1S/C10H14BrNO/c1-6-4-5-7(13)8(9(6)11)10(2,3)12/h4-5,13H,12H2,1-3H3. The third-order valence-electron chi connectivity index (χ3n) is 1.96. The molecule has 0 saturated heterocycles. The van der Waals surface area contributed by atoms with E-state index in [1.54, 1.807) is 6.07 Å². The van der Waals surface area contributed by atoms with Crippen molar-refractivity contribution in [3.63, 3.8) is 0 Å². The molecule has 0 unspecified atom stereocenters. The van der Waals surface area contributed by atoms with Crippen LogP contribution in [-0.4, -0.2) is 5.11 Å². The Morgan fingerprint density at radius 3 is 2.31 bits per heavy atom. The van der Waals surface area contributed by atoms with Crippen LogP contribution in [0.1, 0.15) is 25.0 Å². The molecule has 0 saturated carbocycles. The van der Waals surface area contributed by atoms with E-state index in [2.05, 4.69) is 15.9 Å². The van der Waals surface area contributed by atoms with E-state index >= 15 is 0 Å². The van der Waals surface area contributed by atoms with Gasteiger partial charge in [0.05, 0.1) is 0 Å². The Hall–Kier alpha value is -0.540. The lowest BCUT2D eigenvalue weighted by Crippen LogP contribution is -2.29. The van der Waals surface area contributed by atoms with Gasteiger partial charge in [-0.1, -0.05) is 22.0 Å². The third kappa shape index (κ3) is 2.03. The molecule has 13 heavy (non-hydrogen) atoms. The average Bonchev–Trinajstić information content (AvgIpc) is 1.95. The summed E-state index contributed by atoms with van der Waals surface area (Å²) in [5, 5.41) is 9.64. The van der Waals surface area contributed by atoms with Crippen LogP contribution in [-0.2, 0) is 5.54 Å². The van der Waals surface area contributed by atoms with Crippen LogP contribution in [0.4, 0.5) is 0 Å². The molecule has 0 fully saturated rings. The summed E-state index contributed by atoms with van der Waals surface area (Å²) in [7, 11) is 0. The molecule has 0 bridgehead atoms. The summed E-state index contributed by atoms with van der Waals surface area (Å²) in [5.41, 5.74) is 7.24. The Labute approximate surface area is 86.9 Å². The Morgan fingerprint density at radius 1 is 1.38 bits per heavy atom. The average molecular weight is 244 g/mol. The van der Waals surface area contributed by atoms with Gasteiger partial charge >= 0.3 is 0 Å². The van der Waals surface area contributed by atoms with E-state index in [1.165, 1.54) is 0 Å². The first-order valence-electron chi connectivity index (χ1n) is 4.11. The number of aryl methyl sites for hydroxylation is 1. The first-order chi connectivity index (χ1) is 5.84. The van der Waals surface area contributed by atoms with E-state index < -0.39 is 5.54 Å². The molecule has 0 radical (unpaired) electrons. The van der Waals surface area contributed by atoms with E-state index in [-0.39, 0.29) is 5.75 Å². The highest BCUT2D eigenvalue weighted by Gasteiger charge is 2.22. The van der Waals surface area contributed by atoms with Gasteiger partial charge in [0.1, 0.15) is 5.75 Å². The Morgan fingerprint density at radius 2 is 1.92 bits per heavy atom. The van der Waals surface area contributed by atoms with Gasteiger partial charge in [0.15, 0.2) is 0 Å². The van der Waals surface area contributed by atoms with Crippen molar-refractivity contribution in [2.45, 2.75) is 26.3 Å². The number of nitrogens with two attached hydrogens (primary N) is 1. The van der Waals surface area contributed by atoms with Crippen LogP contribution in [0.3, 0.4) is 0 Å². The summed E-state index contributed by atoms with van der Waals surface area (Å²) >= 11 is 3.43. The number of phenolic OH excluding ortho intramolecular Hbond substituents is 1. The third-order valence-corrected chi connectivity index (χ3v) is 2.98. The minimum Gasteiger partial charge on any atom is -0.508 e. The van der Waals surface area contributed by atoms with Gasteiger partial charge in [-0.05, 0) is 32.4 Å². The van der Waals surface area contributed by atoms with Crippen LogP contribution in [0, 0.1) is 6.92 Å². The van der Waals surface area contributed by atoms with Gasteiger partial charge in [-0.3, -0.25) is 0 Å². The Bertz CT molecular complexity index is 328. The first kappa shape index (κ1) is 10.5. The van der Waals surface area contributed by atoms with E-state index in [9.17, 15) is 5.11 Å². The van der Waals surface area contributed by atoms with Crippen LogP contribution < -0.4 is 5.73 Å². The molecule has 3 heteroatoms. The van der Waals surface area contributed by atoms with E-state index in [0.29, 0.717) is 0 Å². The predicted octanol–water partition coefficient (Wildman–Crippen LogP) is 2.66. The topological polar surface area (TPSA) is 46.2 Å². The summed E-state index contributed by atoms with van der Waals surface area (Å²) in [6.07, 6.45) is 0. The molecule has 1 rings (SSSR count). The number of rotatable bonds is 1. The maximum absolute atomic E-state index is 9.64. The highest BCUT2D eigenvalue weighted by atomic mass is 79.9. The van der Waals surface area contributed by atoms with Gasteiger partial charge in [-0.25, -0.2) is 0 Å². The maximum Gasteiger partial charge on any atom is 0.121 e. The van der Waals surface area contributed by atoms with Crippen LogP contribution >= 0.6 is 15.9 Å². The van der Waals surface area contributed by atoms with E-state index in [1.807, 2.05) is 26.8 Å². The van der Waals surface area contributed by atoms with Crippen molar-refractivity contribution in [2.24, 2.45) is 5.73 Å². The maximum atomic E-state index is 9.64. The summed E-state index contributed by atoms with van der Waals surface area (Å²) in [5.74, 6) is 0.241. The van der Waals surface area contributed by atoms with Gasteiger partial charge < -0.3 is 10.8 Å². The SMILES string of the molecule is Cc1ccc(O)c(C(C)(C)N)c1Br. The molecule has 0 spiro atoms. The summed E-state index contributed by atoms with van der Waals surface area (Å²) < 4.78 is 0.889. The number of hydrogen-bond acceptors (Lipinski definition) is 2. The van der Waals surface area contributed by atoms with Gasteiger partial charge in [-0.15, -0.1) is 0 Å². The Balaban J connectivity index is 3.43. The minimum absolute atomic E-state index is 0.241. The normalized spacial score (nSPS) is 11.8. The van der Waals surface area contributed by atoms with Crippen molar-refractivity contribution in [3.8, 4) is 5.75 Å². The number of phenols is 1. The fourth-order valence-corrected chi connectivity index (χ4v) is 2.13. The minimum atomic E-state index is -0.533. The molecule has 1 aromatic carbocycles. The molecule has 0 atom stereocenters. The zero-order chi connectivity index (χ0) is 10.2. The van der Waals surface area contributed by atoms with Crippen molar-refractivity contribution < 1.29 is 5.11 Å². The lowest BCUT2D eigenvalue weighted by Gasteiger charge is -2.23. The van der Waals surface area contributed by atoms with Crippen LogP contribution in [0.2, 0.25) is 0 Å². The molecule has 3 N–H and O–H groups in total. The molecule has 0 aliphatic rings. The molecule has 0 heterocycles. The molecule has 1 aromatic rings. The number of halogens is 1. The molecule has 0 amide bonds. The number of aromatic hydroxyl groups is 1. The highest BCUT2D eigenvalue weighted by Crippen LogP contribution is 2.35. The number of hydrogen-bond donors (Lipinski definition) is 2. The monoisotopic (exact) mass is 243 g/mol. The van der Waals surface area contributed by atoms with Crippen molar-refractivity contribution in [2.75, 3.05) is 0 Å². The highest BCUT2D eigenvalue weighted by molar-refractivity contribution is 9.10. The molecule has 0 aliphatic heterocycles. The number of benzene rings is 1. The second-order valence-electron chi connectivity index (χ2n) is 3.81. The van der Waals surface area contributed by atoms with Crippen LogP contribution in [0.5, 0.6) is 5.75 Å². The smallest absolute Gasteiger partial charge is 0.121 e. The van der Waals surface area contributed by atoms with Gasteiger partial charge in [0, 0.05) is 15.6 Å². The predicted molar refractivity (Wildman–Crippen MR) is 57.8 cm³/mol. The quantitative estimate of drug-likeness (QED) is 0.797. The zero-order valence-electron chi connectivity index (χ0n) is 8.06. The van der Waals surface area contributed by atoms with Gasteiger partial charge in [-0.2, -0.15) is 0 Å². The fourth-order valence-electron chi connectivity index (χ4n) is 1.28. The van der Waals surface area contributed by atoms with Gasteiger partial charge in [0.25, 0.3) is 0 Å². The van der Waals surface area contributed by atoms with Crippen LogP contribution in [0.25, 0.3) is 0 Å². The summed E-state index contributed by atoms with van der Waals surface area (Å²) in [6, 6.07) is 3.53. The van der Waals surface area contributed by atoms with E-state index in [4.69, 9.17) is 5.73 Å². The fraction of sp³-hybridized carbons (Fsp3) is 0.400. The van der Waals surface area contributed by atoms with Crippen molar-refractivity contribution in [3.05, 3.63) is 27.7 Å². The summed E-state index contributed by atoms with van der Waals surface area (Å²) in [4.78, 5) is 0. The summed E-state index contributed by atoms with van der Waals surface area (Å²) in [6.45, 7) is 5.71. The molecular weight excluding hydrogens is 230 g/mol. The lowest BCUT2D eigenvalue weighted by molar-refractivity contribution is 0.438. The lowest BCUT2D eigenvalue weighted by atomic mass is 9.93. The first-order valence-corrected chi connectivity index (χ1v) is 4.90. The second kappa shape index (κ2) is 3.31. The molecular formula is C10H14BrNO. The zero-order valence-corrected chi connectivity index (χ0v) is 9.64. The second-order valence-corrected chi connectivity index (χ2v) is 4.61. The largest absolute Gasteiger partial charge is 0.508 e. The van der Waals surface area contributed by atoms with Crippen LogP contribution in [0.15, 0.2) is 16.6 Å². The molecule has 2 nitrogen and oxygen atoms in total. The molecule has 0 aromatic heterocycles. The van der Waals surface area contributed by atoms with Crippen molar-refractivity contribution in [1.82, 2.24) is 0 Å².